The van der Waals surface area contributed by atoms with E-state index in [1.54, 1.807) is 0 Å². The van der Waals surface area contributed by atoms with Crippen molar-refractivity contribution in [3.63, 3.8) is 0 Å². The van der Waals surface area contributed by atoms with E-state index < -0.39 is 0 Å². The Labute approximate surface area is 393 Å². The van der Waals surface area contributed by atoms with Crippen LogP contribution in [0.15, 0.2) is 146 Å². The molecular formula is C58H56N4OPt-2. The minimum atomic E-state index is -0.185. The Hall–Kier alpha value is -6.03. The van der Waals surface area contributed by atoms with Crippen molar-refractivity contribution in [2.75, 3.05) is 0 Å². The van der Waals surface area contributed by atoms with E-state index in [4.69, 9.17) is 9.72 Å². The van der Waals surface area contributed by atoms with Crippen molar-refractivity contribution in [2.45, 2.75) is 91.9 Å². The molecule has 5 nitrogen and oxygen atoms in total. The third-order valence-corrected chi connectivity index (χ3v) is 12.1. The molecule has 0 amide bonds. The normalized spacial score (nSPS) is 12.1. The average Bonchev–Trinajstić information content (AvgIpc) is 3.87. The summed E-state index contributed by atoms with van der Waals surface area (Å²) in [5, 5.41) is 2.22. The van der Waals surface area contributed by atoms with Crippen LogP contribution in [-0.4, -0.2) is 14.1 Å². The molecule has 64 heavy (non-hydrogen) atoms. The molecule has 0 aliphatic heterocycles. The van der Waals surface area contributed by atoms with Crippen molar-refractivity contribution in [2.24, 2.45) is 0 Å². The second-order valence-electron chi connectivity index (χ2n) is 19.4. The molecule has 0 saturated heterocycles. The predicted octanol–water partition coefficient (Wildman–Crippen LogP) is 14.6. The van der Waals surface area contributed by atoms with Crippen molar-refractivity contribution in [1.82, 2.24) is 14.1 Å². The molecule has 0 unspecified atom stereocenters. The van der Waals surface area contributed by atoms with Gasteiger partial charge in [0.2, 0.25) is 0 Å². The van der Waals surface area contributed by atoms with Gasteiger partial charge in [-0.3, -0.25) is 4.57 Å². The monoisotopic (exact) mass is 1020 g/mol. The number of hydrogen-bond donors (Lipinski definition) is 0. The summed E-state index contributed by atoms with van der Waals surface area (Å²) in [6.07, 6.45) is 7.80. The molecule has 326 valence electrons. The van der Waals surface area contributed by atoms with Gasteiger partial charge < -0.3 is 13.9 Å². The van der Waals surface area contributed by atoms with Gasteiger partial charge in [0.25, 0.3) is 6.33 Å². The van der Waals surface area contributed by atoms with Gasteiger partial charge in [0.15, 0.2) is 0 Å². The van der Waals surface area contributed by atoms with Gasteiger partial charge in [-0.2, -0.15) is 12.1 Å². The fraction of sp³-hybridized carbons (Fsp3) is 0.241. The SMILES string of the molecule is CC(C)c1cccc(C(C)C)c1-c1ccc(-[n+]2[c-]n(-c3[c-]c(Oc4[c-]c5c(cc4)c4ccccc4n5-c4cc(C(C)(C)C)ccn4)cc(-c4ccccc4)c3)cc2C(C)(C)C)cc1.[Pt]. The van der Waals surface area contributed by atoms with E-state index in [1.807, 2.05) is 18.3 Å². The first-order chi connectivity index (χ1) is 30.1. The first kappa shape index (κ1) is 44.6. The Balaban J connectivity index is 0.00000560. The number of hydrogen-bond acceptors (Lipinski definition) is 2. The fourth-order valence-corrected chi connectivity index (χ4v) is 8.69. The fourth-order valence-electron chi connectivity index (χ4n) is 8.69. The maximum Gasteiger partial charge on any atom is 0.267 e. The Morgan fingerprint density at radius 1 is 0.609 bits per heavy atom. The molecule has 3 heterocycles. The number of aromatic nitrogens is 4. The van der Waals surface area contributed by atoms with Gasteiger partial charge in [0.05, 0.1) is 11.4 Å². The second-order valence-corrected chi connectivity index (χ2v) is 19.4. The summed E-state index contributed by atoms with van der Waals surface area (Å²) >= 11 is 0. The van der Waals surface area contributed by atoms with Gasteiger partial charge in [0, 0.05) is 50.5 Å². The summed E-state index contributed by atoms with van der Waals surface area (Å²) in [4.78, 5) is 4.87. The van der Waals surface area contributed by atoms with Crippen molar-refractivity contribution >= 4 is 21.8 Å². The van der Waals surface area contributed by atoms with Crippen LogP contribution in [0.1, 0.15) is 103 Å². The largest absolute Gasteiger partial charge is 0.510 e. The van der Waals surface area contributed by atoms with Crippen molar-refractivity contribution in [1.29, 1.82) is 0 Å². The zero-order valence-electron chi connectivity index (χ0n) is 38.5. The quantitative estimate of drug-likeness (QED) is 0.107. The molecule has 0 spiro atoms. The van der Waals surface area contributed by atoms with Crippen LogP contribution >= 0.6 is 0 Å². The first-order valence-corrected chi connectivity index (χ1v) is 22.2. The van der Waals surface area contributed by atoms with Crippen molar-refractivity contribution in [3.05, 3.63) is 187 Å². The number of fused-ring (bicyclic) bond motifs is 3. The summed E-state index contributed by atoms with van der Waals surface area (Å²) < 4.78 is 13.2. The van der Waals surface area contributed by atoms with Gasteiger partial charge in [-0.25, -0.2) is 4.98 Å². The topological polar surface area (TPSA) is 35.9 Å². The van der Waals surface area contributed by atoms with E-state index in [9.17, 15) is 0 Å². The minimum Gasteiger partial charge on any atom is -0.510 e. The molecule has 0 saturated carbocycles. The zero-order chi connectivity index (χ0) is 44.2. The Kier molecular flexibility index (Phi) is 12.2. The summed E-state index contributed by atoms with van der Waals surface area (Å²) in [7, 11) is 0. The van der Waals surface area contributed by atoms with Crippen molar-refractivity contribution < 1.29 is 30.4 Å². The minimum absolute atomic E-state index is 0. The molecule has 6 aromatic carbocycles. The Morgan fingerprint density at radius 2 is 1.30 bits per heavy atom. The second kappa shape index (κ2) is 17.5. The number of benzene rings is 6. The summed E-state index contributed by atoms with van der Waals surface area (Å²) in [6, 6.07) is 54.6. The van der Waals surface area contributed by atoms with Gasteiger partial charge in [-0.05, 0) is 97.5 Å². The maximum absolute atomic E-state index is 6.79. The molecule has 9 aromatic rings. The Bertz CT molecular complexity index is 3080. The van der Waals surface area contributed by atoms with Crippen LogP contribution < -0.4 is 9.30 Å². The van der Waals surface area contributed by atoms with E-state index in [1.165, 1.54) is 27.8 Å². The molecule has 6 heteroatoms. The van der Waals surface area contributed by atoms with Gasteiger partial charge in [-0.15, -0.1) is 35.2 Å². The molecule has 3 aromatic heterocycles. The third kappa shape index (κ3) is 8.63. The first-order valence-electron chi connectivity index (χ1n) is 22.2. The van der Waals surface area contributed by atoms with Crippen LogP contribution in [0.2, 0.25) is 0 Å². The zero-order valence-corrected chi connectivity index (χ0v) is 40.8. The van der Waals surface area contributed by atoms with Crippen LogP contribution in [0.4, 0.5) is 0 Å². The number of rotatable bonds is 9. The number of para-hydroxylation sites is 1. The van der Waals surface area contributed by atoms with Crippen LogP contribution in [0.25, 0.3) is 61.3 Å². The summed E-state index contributed by atoms with van der Waals surface area (Å²) in [5.41, 5.74) is 13.4. The molecule has 0 aliphatic rings. The maximum atomic E-state index is 6.79. The van der Waals surface area contributed by atoms with Crippen molar-refractivity contribution in [3.8, 4) is 50.9 Å². The van der Waals surface area contributed by atoms with E-state index in [0.717, 1.165) is 55.8 Å². The molecule has 9 rings (SSSR count). The van der Waals surface area contributed by atoms with Crippen LogP contribution in [0, 0.1) is 18.5 Å². The number of pyridine rings is 1. The van der Waals surface area contributed by atoms with E-state index in [2.05, 4.69) is 229 Å². The smallest absolute Gasteiger partial charge is 0.267 e. The van der Waals surface area contributed by atoms with E-state index >= 15 is 0 Å². The number of ether oxygens (including phenoxy) is 1. The van der Waals surface area contributed by atoms with E-state index in [0.29, 0.717) is 23.3 Å². The van der Waals surface area contributed by atoms with Gasteiger partial charge in [0.1, 0.15) is 5.82 Å². The van der Waals surface area contributed by atoms with Crippen LogP contribution in [0.3, 0.4) is 0 Å². The summed E-state index contributed by atoms with van der Waals surface area (Å²) in [5.74, 6) is 2.86. The molecule has 0 atom stereocenters. The standard InChI is InChI=1S/C58H56N4O.Pt/c1-38(2)48-20-16-21-49(39(3)4)56(48)41-23-25-44(26-24-41)61-37-60(36-54(61)58(8,9)10)45-31-42(40-17-12-11-13-18-40)32-47(34-45)63-46-27-28-51-50-19-14-15-22-52(50)62(53(51)35-46)55-33-43(29-30-59-55)57(5,6)7;/h11-33,36,38-39H,1-10H3;/q-2;. The molecule has 0 bridgehead atoms. The number of nitrogens with zero attached hydrogens (tertiary/aromatic N) is 4. The molecular weight excluding hydrogens is 964 g/mol. The van der Waals surface area contributed by atoms with Crippen LogP contribution in [-0.2, 0) is 31.9 Å². The Morgan fingerprint density at radius 3 is 1.97 bits per heavy atom. The summed E-state index contributed by atoms with van der Waals surface area (Å²) in [6.45, 7) is 22.6. The average molecular weight is 1020 g/mol. The predicted molar refractivity (Wildman–Crippen MR) is 259 cm³/mol. The van der Waals surface area contributed by atoms with Gasteiger partial charge in [-0.1, -0.05) is 154 Å². The molecule has 0 N–H and O–H groups in total. The molecule has 0 aliphatic carbocycles. The van der Waals surface area contributed by atoms with Crippen LogP contribution in [0.5, 0.6) is 11.5 Å². The third-order valence-electron chi connectivity index (χ3n) is 12.1. The number of imidazole rings is 1. The van der Waals surface area contributed by atoms with E-state index in [-0.39, 0.29) is 31.9 Å². The molecule has 0 radical (unpaired) electrons. The van der Waals surface area contributed by atoms with Gasteiger partial charge >= 0.3 is 0 Å². The molecule has 0 fully saturated rings.